The van der Waals surface area contributed by atoms with Crippen LogP contribution in [0.25, 0.3) is 16.7 Å². The lowest BCUT2D eigenvalue weighted by Gasteiger charge is -2.21. The third kappa shape index (κ3) is 4.93. The summed E-state index contributed by atoms with van der Waals surface area (Å²) in [6, 6.07) is 11.0. The maximum Gasteiger partial charge on any atom is 0.261 e. The van der Waals surface area contributed by atoms with E-state index in [1.807, 2.05) is 0 Å². The summed E-state index contributed by atoms with van der Waals surface area (Å²) in [6.07, 6.45) is 2.66. The van der Waals surface area contributed by atoms with E-state index in [2.05, 4.69) is 25.1 Å². The second-order valence-electron chi connectivity index (χ2n) is 8.72. The highest BCUT2D eigenvalue weighted by Crippen LogP contribution is 2.27. The van der Waals surface area contributed by atoms with Gasteiger partial charge in [0.1, 0.15) is 16.0 Å². The fourth-order valence-electron chi connectivity index (χ4n) is 3.48. The molecule has 0 aliphatic rings. The Bertz CT molecular complexity index is 1580. The molecule has 11 nitrogen and oxygen atoms in total. The molecule has 0 radical (unpaired) electrons. The fraction of sp³-hybridized carbons (Fsp3) is 0.217. The largest absolute Gasteiger partial charge is 0.495 e. The highest BCUT2D eigenvalue weighted by molar-refractivity contribution is 7.89. The molecule has 0 unspecified atom stereocenters. The van der Waals surface area contributed by atoms with Crippen LogP contribution in [-0.4, -0.2) is 46.7 Å². The Balaban J connectivity index is 1.72. The number of fused-ring (bicyclic) bond motifs is 1. The number of anilines is 1. The van der Waals surface area contributed by atoms with Crippen molar-refractivity contribution in [1.29, 1.82) is 0 Å². The molecule has 35 heavy (non-hydrogen) atoms. The molecular weight excluding hydrogens is 472 g/mol. The molecule has 0 saturated heterocycles. The number of sulfonamides is 1. The summed E-state index contributed by atoms with van der Waals surface area (Å²) in [6.45, 7) is 5.14. The molecule has 2 heterocycles. The molecule has 0 bridgehead atoms. The number of aromatic nitrogens is 4. The van der Waals surface area contributed by atoms with E-state index in [-0.39, 0.29) is 21.8 Å². The van der Waals surface area contributed by atoms with E-state index in [0.29, 0.717) is 22.4 Å². The van der Waals surface area contributed by atoms with Crippen molar-refractivity contribution in [2.75, 3.05) is 12.4 Å². The summed E-state index contributed by atoms with van der Waals surface area (Å²) in [5, 5.41) is 7.33. The first-order chi connectivity index (χ1) is 16.5. The number of carbonyl (C=O) groups is 1. The van der Waals surface area contributed by atoms with Crippen LogP contribution < -0.4 is 20.3 Å². The standard InChI is InChI=1S/C23H24N6O5S/c1-23(2,3)28-35(32,33)19-11-14(9-10-18(19)34-4)21(30)27-16-7-5-6-8-17(16)29-20-15(12-26-29)22(31)25-13-24-20/h5-13,28H,1-4H3,(H,27,30)(H,24,25,31). The maximum absolute atomic E-state index is 13.2. The van der Waals surface area contributed by atoms with Crippen LogP contribution in [0.4, 0.5) is 5.69 Å². The molecule has 182 valence electrons. The molecule has 0 fully saturated rings. The minimum atomic E-state index is -3.97. The van der Waals surface area contributed by atoms with Gasteiger partial charge in [-0.05, 0) is 51.1 Å². The number of ether oxygens (including phenoxy) is 1. The average Bonchev–Trinajstić information content (AvgIpc) is 3.23. The van der Waals surface area contributed by atoms with E-state index < -0.39 is 21.5 Å². The van der Waals surface area contributed by atoms with Crippen LogP contribution in [0.5, 0.6) is 5.75 Å². The Labute approximate surface area is 201 Å². The Morgan fingerprint density at radius 2 is 1.89 bits per heavy atom. The summed E-state index contributed by atoms with van der Waals surface area (Å²) in [5.41, 5.74) is 0.223. The molecule has 12 heteroatoms. The van der Waals surface area contributed by atoms with Crippen molar-refractivity contribution in [3.8, 4) is 11.4 Å². The van der Waals surface area contributed by atoms with Gasteiger partial charge in [-0.2, -0.15) is 5.10 Å². The number of methoxy groups -OCH3 is 1. The first kappa shape index (κ1) is 24.1. The molecule has 0 spiro atoms. The number of H-pyrrole nitrogens is 1. The summed E-state index contributed by atoms with van der Waals surface area (Å²) < 4.78 is 35.1. The molecule has 0 atom stereocenters. The number of carbonyl (C=O) groups excluding carboxylic acids is 1. The van der Waals surface area contributed by atoms with E-state index in [9.17, 15) is 18.0 Å². The normalized spacial score (nSPS) is 12.0. The number of para-hydroxylation sites is 2. The van der Waals surface area contributed by atoms with Crippen molar-refractivity contribution in [2.45, 2.75) is 31.2 Å². The summed E-state index contributed by atoms with van der Waals surface area (Å²) in [5.74, 6) is -0.437. The van der Waals surface area contributed by atoms with Gasteiger partial charge in [0.15, 0.2) is 5.65 Å². The van der Waals surface area contributed by atoms with Gasteiger partial charge in [-0.3, -0.25) is 9.59 Å². The zero-order valence-corrected chi connectivity index (χ0v) is 20.3. The number of hydrogen-bond acceptors (Lipinski definition) is 7. The van der Waals surface area contributed by atoms with E-state index >= 15 is 0 Å². The minimum Gasteiger partial charge on any atom is -0.495 e. The number of rotatable bonds is 6. The Hall–Kier alpha value is -4.03. The highest BCUT2D eigenvalue weighted by atomic mass is 32.2. The van der Waals surface area contributed by atoms with Crippen molar-refractivity contribution in [3.63, 3.8) is 0 Å². The summed E-state index contributed by atoms with van der Waals surface area (Å²) >= 11 is 0. The topological polar surface area (TPSA) is 148 Å². The van der Waals surface area contributed by atoms with Crippen molar-refractivity contribution in [3.05, 3.63) is 70.9 Å². The predicted molar refractivity (Wildman–Crippen MR) is 131 cm³/mol. The number of nitrogens with one attached hydrogen (secondary N) is 3. The molecule has 2 aromatic carbocycles. The lowest BCUT2D eigenvalue weighted by Crippen LogP contribution is -2.40. The monoisotopic (exact) mass is 496 g/mol. The lowest BCUT2D eigenvalue weighted by molar-refractivity contribution is 0.102. The van der Waals surface area contributed by atoms with Gasteiger partial charge >= 0.3 is 0 Å². The zero-order chi connectivity index (χ0) is 25.4. The highest BCUT2D eigenvalue weighted by Gasteiger charge is 2.26. The van der Waals surface area contributed by atoms with Gasteiger partial charge in [-0.25, -0.2) is 22.8 Å². The van der Waals surface area contributed by atoms with Gasteiger partial charge in [-0.15, -0.1) is 0 Å². The first-order valence-electron chi connectivity index (χ1n) is 10.5. The second kappa shape index (κ2) is 8.96. The number of nitrogens with zero attached hydrogens (tertiary/aromatic N) is 3. The molecule has 4 rings (SSSR count). The molecule has 2 aromatic heterocycles. The van der Waals surface area contributed by atoms with Crippen LogP contribution >= 0.6 is 0 Å². The van der Waals surface area contributed by atoms with Crippen molar-refractivity contribution in [1.82, 2.24) is 24.5 Å². The van der Waals surface area contributed by atoms with Crippen molar-refractivity contribution in [2.24, 2.45) is 0 Å². The van der Waals surface area contributed by atoms with Gasteiger partial charge in [0, 0.05) is 11.1 Å². The van der Waals surface area contributed by atoms with Gasteiger partial charge in [0.25, 0.3) is 11.5 Å². The molecule has 4 aromatic rings. The average molecular weight is 497 g/mol. The molecular formula is C23H24N6O5S. The SMILES string of the molecule is COc1ccc(C(=O)Nc2ccccc2-n2ncc3c(=O)[nH]cnc32)cc1S(=O)(=O)NC(C)(C)C. The number of benzene rings is 2. The van der Waals surface area contributed by atoms with Crippen LogP contribution in [0.3, 0.4) is 0 Å². The molecule has 3 N–H and O–H groups in total. The number of hydrogen-bond donors (Lipinski definition) is 3. The van der Waals surface area contributed by atoms with E-state index in [0.717, 1.165) is 0 Å². The summed E-state index contributed by atoms with van der Waals surface area (Å²) in [4.78, 5) is 31.7. The van der Waals surface area contributed by atoms with E-state index in [4.69, 9.17) is 4.74 Å². The van der Waals surface area contributed by atoms with E-state index in [1.165, 1.54) is 42.5 Å². The third-order valence-corrected chi connectivity index (χ3v) is 6.69. The Kier molecular flexibility index (Phi) is 6.17. The van der Waals surface area contributed by atoms with Gasteiger partial charge in [0.05, 0.1) is 31.0 Å². The van der Waals surface area contributed by atoms with Gasteiger partial charge in [-0.1, -0.05) is 12.1 Å². The maximum atomic E-state index is 13.2. The molecule has 0 saturated carbocycles. The minimum absolute atomic E-state index is 0.106. The van der Waals surface area contributed by atoms with Crippen LogP contribution in [0.15, 0.2) is 64.7 Å². The second-order valence-corrected chi connectivity index (χ2v) is 10.4. The molecule has 1 amide bonds. The molecule has 0 aliphatic carbocycles. The zero-order valence-electron chi connectivity index (χ0n) is 19.5. The first-order valence-corrected chi connectivity index (χ1v) is 12.0. The third-order valence-electron chi connectivity index (χ3n) is 4.91. The van der Waals surface area contributed by atoms with Crippen LogP contribution in [0, 0.1) is 0 Å². The van der Waals surface area contributed by atoms with Gasteiger partial charge in [0.2, 0.25) is 10.0 Å². The van der Waals surface area contributed by atoms with Crippen molar-refractivity contribution < 1.29 is 17.9 Å². The fourth-order valence-corrected chi connectivity index (χ4v) is 5.09. The van der Waals surface area contributed by atoms with Gasteiger partial charge < -0.3 is 15.0 Å². The van der Waals surface area contributed by atoms with Crippen LogP contribution in [-0.2, 0) is 10.0 Å². The van der Waals surface area contributed by atoms with E-state index in [1.54, 1.807) is 45.0 Å². The molecule has 0 aliphatic heterocycles. The summed E-state index contributed by atoms with van der Waals surface area (Å²) in [7, 11) is -2.62. The number of aromatic amines is 1. The quantitative estimate of drug-likeness (QED) is 0.371. The lowest BCUT2D eigenvalue weighted by atomic mass is 10.1. The van der Waals surface area contributed by atoms with Crippen LogP contribution in [0.2, 0.25) is 0 Å². The Morgan fingerprint density at radius 1 is 1.14 bits per heavy atom. The van der Waals surface area contributed by atoms with Crippen molar-refractivity contribution >= 4 is 32.7 Å². The number of amides is 1. The smallest absolute Gasteiger partial charge is 0.261 e. The predicted octanol–water partition coefficient (Wildman–Crippen LogP) is 2.45. The Morgan fingerprint density at radius 3 is 2.60 bits per heavy atom. The van der Waals surface area contributed by atoms with Crippen LogP contribution in [0.1, 0.15) is 31.1 Å².